The lowest BCUT2D eigenvalue weighted by molar-refractivity contribution is -0.121. The van der Waals surface area contributed by atoms with Crippen LogP contribution in [0.15, 0.2) is 35.4 Å². The zero-order valence-electron chi connectivity index (χ0n) is 18.5. The van der Waals surface area contributed by atoms with Gasteiger partial charge in [0, 0.05) is 52.2 Å². The lowest BCUT2D eigenvalue weighted by Gasteiger charge is -2.35. The molecular weight excluding hydrogens is 398 g/mol. The molecule has 168 valence electrons. The van der Waals surface area contributed by atoms with Crippen molar-refractivity contribution in [2.45, 2.75) is 39.3 Å². The molecule has 0 radical (unpaired) electrons. The Labute approximate surface area is 182 Å². The van der Waals surface area contributed by atoms with Gasteiger partial charge >= 0.3 is 6.09 Å². The van der Waals surface area contributed by atoms with Gasteiger partial charge in [-0.3, -0.25) is 19.1 Å². The number of ether oxygens (including phenoxy) is 1. The molecule has 0 aliphatic carbocycles. The molecule has 1 aromatic carbocycles. The third-order valence-electron chi connectivity index (χ3n) is 5.09. The van der Waals surface area contributed by atoms with Crippen LogP contribution in [0.2, 0.25) is 0 Å². The molecule has 1 fully saturated rings. The zero-order chi connectivity index (χ0) is 22.4. The van der Waals surface area contributed by atoms with Crippen LogP contribution in [-0.4, -0.2) is 76.2 Å². The number of nitrogens with one attached hydrogen (secondary N) is 1. The van der Waals surface area contributed by atoms with Crippen LogP contribution in [0.5, 0.6) is 0 Å². The van der Waals surface area contributed by atoms with E-state index in [1.165, 1.54) is 10.9 Å². The monoisotopic (exact) mass is 429 g/mol. The molecule has 0 atom stereocenters. The van der Waals surface area contributed by atoms with Gasteiger partial charge in [-0.25, -0.2) is 9.78 Å². The molecule has 0 unspecified atom stereocenters. The molecule has 1 aliphatic heterocycles. The summed E-state index contributed by atoms with van der Waals surface area (Å²) >= 11 is 0. The van der Waals surface area contributed by atoms with Gasteiger partial charge in [0.05, 0.1) is 17.2 Å². The summed E-state index contributed by atoms with van der Waals surface area (Å²) in [6, 6.07) is 7.17. The summed E-state index contributed by atoms with van der Waals surface area (Å²) in [5.74, 6) is -0.104. The van der Waals surface area contributed by atoms with E-state index in [0.717, 1.165) is 13.1 Å². The van der Waals surface area contributed by atoms with E-state index < -0.39 is 5.60 Å². The van der Waals surface area contributed by atoms with Gasteiger partial charge in [-0.1, -0.05) is 12.1 Å². The fraction of sp³-hybridized carbons (Fsp3) is 0.545. The topological polar surface area (TPSA) is 96.8 Å². The average molecular weight is 430 g/mol. The Morgan fingerprint density at radius 2 is 1.81 bits per heavy atom. The molecule has 9 nitrogen and oxygen atoms in total. The smallest absolute Gasteiger partial charge is 0.410 e. The molecule has 1 N–H and O–H groups in total. The predicted octanol–water partition coefficient (Wildman–Crippen LogP) is 1.46. The number of benzene rings is 1. The second-order valence-corrected chi connectivity index (χ2v) is 8.67. The summed E-state index contributed by atoms with van der Waals surface area (Å²) < 4.78 is 6.87. The van der Waals surface area contributed by atoms with Crippen molar-refractivity contribution < 1.29 is 14.3 Å². The number of amides is 2. The van der Waals surface area contributed by atoms with E-state index in [0.29, 0.717) is 37.1 Å². The van der Waals surface area contributed by atoms with Crippen molar-refractivity contribution in [3.05, 3.63) is 40.9 Å². The molecule has 0 saturated carbocycles. The Morgan fingerprint density at radius 1 is 1.10 bits per heavy atom. The van der Waals surface area contributed by atoms with Gasteiger partial charge in [-0.05, 0) is 32.9 Å². The van der Waals surface area contributed by atoms with Gasteiger partial charge < -0.3 is 15.0 Å². The molecule has 2 amide bonds. The van der Waals surface area contributed by atoms with Crippen molar-refractivity contribution >= 4 is 22.9 Å². The van der Waals surface area contributed by atoms with Crippen molar-refractivity contribution in [2.75, 3.05) is 39.3 Å². The van der Waals surface area contributed by atoms with E-state index in [1.54, 1.807) is 23.1 Å². The third-order valence-corrected chi connectivity index (χ3v) is 5.09. The Kier molecular flexibility index (Phi) is 7.27. The van der Waals surface area contributed by atoms with Crippen molar-refractivity contribution in [1.29, 1.82) is 0 Å². The first-order chi connectivity index (χ1) is 14.7. The number of aryl methyl sites for hydroxylation is 1. The summed E-state index contributed by atoms with van der Waals surface area (Å²) in [6.45, 7) is 9.81. The van der Waals surface area contributed by atoms with Crippen LogP contribution in [-0.2, 0) is 16.1 Å². The molecule has 3 rings (SSSR count). The molecule has 1 aromatic heterocycles. The van der Waals surface area contributed by atoms with Crippen LogP contribution in [0.25, 0.3) is 10.9 Å². The van der Waals surface area contributed by atoms with Crippen LogP contribution in [0.1, 0.15) is 27.2 Å². The molecule has 0 bridgehead atoms. The van der Waals surface area contributed by atoms with Gasteiger partial charge in [-0.2, -0.15) is 0 Å². The first-order valence-corrected chi connectivity index (χ1v) is 10.6. The maximum Gasteiger partial charge on any atom is 0.410 e. The molecule has 31 heavy (non-hydrogen) atoms. The quantitative estimate of drug-likeness (QED) is 0.747. The summed E-state index contributed by atoms with van der Waals surface area (Å²) in [7, 11) is 0. The first-order valence-electron chi connectivity index (χ1n) is 10.6. The SMILES string of the molecule is CC(C)(C)OC(=O)N1CCN(CCNC(=O)CCn2cnc3ccccc3c2=O)CC1. The summed E-state index contributed by atoms with van der Waals surface area (Å²) in [5.41, 5.74) is 0.0215. The van der Waals surface area contributed by atoms with Gasteiger partial charge in [0.1, 0.15) is 5.60 Å². The van der Waals surface area contributed by atoms with Crippen molar-refractivity contribution in [3.8, 4) is 0 Å². The number of rotatable bonds is 6. The standard InChI is InChI=1S/C22H31N5O4/c1-22(2,3)31-21(30)26-14-12-25(13-15-26)11-9-23-19(28)8-10-27-16-24-18-7-5-4-6-17(18)20(27)29/h4-7,16H,8-15H2,1-3H3,(H,23,28). The van der Waals surface area contributed by atoms with Crippen molar-refractivity contribution in [3.63, 3.8) is 0 Å². The Bertz CT molecular complexity index is 974. The molecule has 9 heteroatoms. The highest BCUT2D eigenvalue weighted by Gasteiger charge is 2.25. The lowest BCUT2D eigenvalue weighted by atomic mass is 10.2. The second kappa shape index (κ2) is 9.91. The number of carbonyl (C=O) groups excluding carboxylic acids is 2. The molecule has 0 spiro atoms. The minimum atomic E-state index is -0.494. The number of hydrogen-bond acceptors (Lipinski definition) is 6. The van der Waals surface area contributed by atoms with E-state index in [4.69, 9.17) is 4.74 Å². The number of nitrogens with zero attached hydrogens (tertiary/aromatic N) is 4. The van der Waals surface area contributed by atoms with Gasteiger partial charge in [0.15, 0.2) is 0 Å². The number of piperazine rings is 1. The fourth-order valence-electron chi connectivity index (χ4n) is 3.41. The van der Waals surface area contributed by atoms with Crippen LogP contribution >= 0.6 is 0 Å². The fourth-order valence-corrected chi connectivity index (χ4v) is 3.41. The summed E-state index contributed by atoms with van der Waals surface area (Å²) in [4.78, 5) is 44.9. The largest absolute Gasteiger partial charge is 0.444 e. The van der Waals surface area contributed by atoms with Gasteiger partial charge in [0.25, 0.3) is 5.56 Å². The van der Waals surface area contributed by atoms with E-state index in [1.807, 2.05) is 26.8 Å². The highest BCUT2D eigenvalue weighted by atomic mass is 16.6. The Balaban J connectivity index is 1.36. The number of para-hydroxylation sites is 1. The van der Waals surface area contributed by atoms with Crippen molar-refractivity contribution in [1.82, 2.24) is 24.7 Å². The molecule has 1 saturated heterocycles. The Hall–Kier alpha value is -2.94. The minimum Gasteiger partial charge on any atom is -0.444 e. The third kappa shape index (κ3) is 6.52. The maximum absolute atomic E-state index is 12.5. The van der Waals surface area contributed by atoms with E-state index in [2.05, 4.69) is 15.2 Å². The normalized spacial score (nSPS) is 15.1. The molecular formula is C22H31N5O4. The first kappa shape index (κ1) is 22.7. The lowest BCUT2D eigenvalue weighted by Crippen LogP contribution is -2.51. The average Bonchev–Trinajstić information content (AvgIpc) is 2.73. The number of fused-ring (bicyclic) bond motifs is 1. The second-order valence-electron chi connectivity index (χ2n) is 8.67. The highest BCUT2D eigenvalue weighted by Crippen LogP contribution is 2.11. The van der Waals surface area contributed by atoms with Gasteiger partial charge in [0.2, 0.25) is 5.91 Å². The Morgan fingerprint density at radius 3 is 2.52 bits per heavy atom. The van der Waals surface area contributed by atoms with Crippen LogP contribution in [0, 0.1) is 0 Å². The maximum atomic E-state index is 12.5. The minimum absolute atomic E-state index is 0.104. The van der Waals surface area contributed by atoms with Crippen LogP contribution < -0.4 is 10.9 Å². The van der Waals surface area contributed by atoms with Gasteiger partial charge in [-0.15, -0.1) is 0 Å². The van der Waals surface area contributed by atoms with Crippen molar-refractivity contribution in [2.24, 2.45) is 0 Å². The van der Waals surface area contributed by atoms with E-state index >= 15 is 0 Å². The molecule has 2 heterocycles. The van der Waals surface area contributed by atoms with Crippen LogP contribution in [0.4, 0.5) is 4.79 Å². The molecule has 1 aliphatic rings. The zero-order valence-corrected chi connectivity index (χ0v) is 18.5. The predicted molar refractivity (Wildman–Crippen MR) is 118 cm³/mol. The number of carbonyl (C=O) groups is 2. The summed E-state index contributed by atoms with van der Waals surface area (Å²) in [5, 5.41) is 3.45. The van der Waals surface area contributed by atoms with Crippen LogP contribution in [0.3, 0.4) is 0 Å². The molecule has 2 aromatic rings. The van der Waals surface area contributed by atoms with E-state index in [9.17, 15) is 14.4 Å². The highest BCUT2D eigenvalue weighted by molar-refractivity contribution is 5.77. The number of hydrogen-bond donors (Lipinski definition) is 1. The van der Waals surface area contributed by atoms with E-state index in [-0.39, 0.29) is 30.5 Å². The number of aromatic nitrogens is 2. The summed E-state index contributed by atoms with van der Waals surface area (Å²) in [6.07, 6.45) is 1.42.